The van der Waals surface area contributed by atoms with E-state index < -0.39 is 0 Å². The minimum atomic E-state index is 0.810. The van der Waals surface area contributed by atoms with Crippen LogP contribution < -0.4 is 29.1 Å². The predicted octanol–water partition coefficient (Wildman–Crippen LogP) is 17.9. The maximum absolute atomic E-state index is 5.55. The van der Waals surface area contributed by atoms with Crippen molar-refractivity contribution in [2.75, 3.05) is 33.8 Å². The van der Waals surface area contributed by atoms with Crippen molar-refractivity contribution in [3.8, 4) is 22.6 Å². The van der Waals surface area contributed by atoms with Gasteiger partial charge in [0.25, 0.3) is 0 Å². The summed E-state index contributed by atoms with van der Waals surface area (Å²) < 4.78 is 11.1. The minimum absolute atomic E-state index is 0.810. The SMILES string of the molecule is COc1ccc(N(c2ccc(-c3ccc(N(c4ccc(OC)cc4)c4ccc(N(c5ccccc5)c5ccc(C)cc5)cc4)cc3)cc2)c2ccc(N(c3ccccc3)c3ccc(C)cc3)cc2)cc1. The van der Waals surface area contributed by atoms with Crippen molar-refractivity contribution in [2.24, 2.45) is 0 Å². The fraction of sp³-hybridized carbons (Fsp3) is 0.0625. The van der Waals surface area contributed by atoms with E-state index >= 15 is 0 Å². The van der Waals surface area contributed by atoms with Gasteiger partial charge in [-0.15, -0.1) is 0 Å². The first-order valence-electron chi connectivity index (χ1n) is 23.6. The van der Waals surface area contributed by atoms with Gasteiger partial charge in [0, 0.05) is 68.2 Å². The van der Waals surface area contributed by atoms with Crippen LogP contribution in [0.5, 0.6) is 11.5 Å². The first kappa shape index (κ1) is 44.8. The average Bonchev–Trinajstić information content (AvgIpc) is 3.42. The highest BCUT2D eigenvalue weighted by atomic mass is 16.5. The molecule has 0 fully saturated rings. The van der Waals surface area contributed by atoms with Crippen LogP contribution in [-0.4, -0.2) is 14.2 Å². The molecule has 0 aliphatic rings. The predicted molar refractivity (Wildman–Crippen MR) is 293 cm³/mol. The third-order valence-electron chi connectivity index (χ3n) is 12.6. The molecule has 0 spiro atoms. The largest absolute Gasteiger partial charge is 0.497 e. The summed E-state index contributed by atoms with van der Waals surface area (Å²) in [5.74, 6) is 1.62. The van der Waals surface area contributed by atoms with Gasteiger partial charge in [0.2, 0.25) is 0 Å². The summed E-state index contributed by atoms with van der Waals surface area (Å²) in [6.45, 7) is 4.24. The third-order valence-corrected chi connectivity index (χ3v) is 12.6. The van der Waals surface area contributed by atoms with Gasteiger partial charge in [-0.1, -0.05) is 96.1 Å². The molecule has 0 heterocycles. The molecule has 0 bridgehead atoms. The quantitative estimate of drug-likeness (QED) is 0.102. The Morgan fingerprint density at radius 1 is 0.214 bits per heavy atom. The number of rotatable bonds is 15. The number of hydrogen-bond acceptors (Lipinski definition) is 6. The Bertz CT molecular complexity index is 3010. The maximum atomic E-state index is 5.55. The molecule has 0 saturated heterocycles. The van der Waals surface area contributed by atoms with Gasteiger partial charge in [0.1, 0.15) is 11.5 Å². The van der Waals surface area contributed by atoms with Gasteiger partial charge in [-0.25, -0.2) is 0 Å². The molecule has 6 nitrogen and oxygen atoms in total. The topological polar surface area (TPSA) is 31.4 Å². The van der Waals surface area contributed by atoms with Crippen molar-refractivity contribution in [1.29, 1.82) is 0 Å². The second-order valence-corrected chi connectivity index (χ2v) is 17.2. The van der Waals surface area contributed by atoms with Crippen LogP contribution >= 0.6 is 0 Å². The average molecular weight is 911 g/mol. The van der Waals surface area contributed by atoms with E-state index in [2.05, 4.69) is 264 Å². The van der Waals surface area contributed by atoms with Gasteiger partial charge in [-0.05, 0) is 195 Å². The van der Waals surface area contributed by atoms with Crippen LogP contribution in [0.2, 0.25) is 0 Å². The molecule has 0 aliphatic heterocycles. The van der Waals surface area contributed by atoms with E-state index in [0.717, 1.165) is 90.9 Å². The van der Waals surface area contributed by atoms with Crippen LogP contribution in [0.1, 0.15) is 11.1 Å². The lowest BCUT2D eigenvalue weighted by Gasteiger charge is -2.29. The van der Waals surface area contributed by atoms with E-state index in [1.165, 1.54) is 11.1 Å². The number of methoxy groups -OCH3 is 2. The Balaban J connectivity index is 0.953. The summed E-state index contributed by atoms with van der Waals surface area (Å²) in [6, 6.07) is 90.0. The van der Waals surface area contributed by atoms with Crippen molar-refractivity contribution >= 4 is 68.2 Å². The molecule has 0 aliphatic carbocycles. The molecule has 0 unspecified atom stereocenters. The zero-order valence-corrected chi connectivity index (χ0v) is 39.9. The van der Waals surface area contributed by atoms with Crippen molar-refractivity contribution in [2.45, 2.75) is 13.8 Å². The van der Waals surface area contributed by atoms with Crippen LogP contribution in [0.15, 0.2) is 255 Å². The molecule has 0 radical (unpaired) electrons. The van der Waals surface area contributed by atoms with E-state index in [-0.39, 0.29) is 0 Å². The molecule has 70 heavy (non-hydrogen) atoms. The second kappa shape index (κ2) is 20.5. The van der Waals surface area contributed by atoms with Gasteiger partial charge < -0.3 is 29.1 Å². The van der Waals surface area contributed by atoms with Crippen molar-refractivity contribution in [3.63, 3.8) is 0 Å². The standard InChI is InChI=1S/C64H54N4O2/c1-47-15-23-53(24-16-47)65(51-11-7-5-8-12-51)57-31-35-59(36-32-57)67(61-39-43-63(69-3)44-40-61)55-27-19-49(20-28-55)50-21-29-56(30-22-50)68(62-41-45-64(70-4)46-42-62)60-37-33-58(34-38-60)66(52-13-9-6-10-14-52)54-25-17-48(2)18-26-54/h5-46H,1-4H3. The van der Waals surface area contributed by atoms with Gasteiger partial charge in [-0.2, -0.15) is 0 Å². The lowest BCUT2D eigenvalue weighted by Crippen LogP contribution is -2.12. The number of para-hydroxylation sites is 2. The van der Waals surface area contributed by atoms with E-state index in [4.69, 9.17) is 9.47 Å². The highest BCUT2D eigenvalue weighted by Gasteiger charge is 2.19. The first-order chi connectivity index (χ1) is 34.4. The number of nitrogens with zero attached hydrogens (tertiary/aromatic N) is 4. The molecule has 0 N–H and O–H groups in total. The number of anilines is 12. The number of benzene rings is 10. The number of ether oxygens (including phenoxy) is 2. The first-order valence-corrected chi connectivity index (χ1v) is 23.6. The number of aryl methyl sites for hydroxylation is 2. The summed E-state index contributed by atoms with van der Waals surface area (Å²) in [5.41, 5.74) is 17.5. The van der Waals surface area contributed by atoms with Gasteiger partial charge in [-0.3, -0.25) is 0 Å². The Labute approximate surface area is 412 Å². The van der Waals surface area contributed by atoms with Crippen LogP contribution in [0.4, 0.5) is 68.2 Å². The van der Waals surface area contributed by atoms with E-state index in [9.17, 15) is 0 Å². The van der Waals surface area contributed by atoms with Crippen LogP contribution in [-0.2, 0) is 0 Å². The molecule has 0 amide bonds. The molecule has 10 rings (SSSR count). The van der Waals surface area contributed by atoms with Gasteiger partial charge in [0.05, 0.1) is 14.2 Å². The zero-order chi connectivity index (χ0) is 47.8. The zero-order valence-electron chi connectivity index (χ0n) is 39.9. The highest BCUT2D eigenvalue weighted by Crippen LogP contribution is 2.42. The molecule has 342 valence electrons. The number of hydrogen-bond donors (Lipinski definition) is 0. The van der Waals surface area contributed by atoms with Crippen molar-refractivity contribution in [1.82, 2.24) is 0 Å². The fourth-order valence-electron chi connectivity index (χ4n) is 8.90. The Morgan fingerprint density at radius 3 is 0.629 bits per heavy atom. The van der Waals surface area contributed by atoms with Crippen molar-refractivity contribution in [3.05, 3.63) is 266 Å². The normalized spacial score (nSPS) is 10.9. The Hall–Kier alpha value is -9.00. The third kappa shape index (κ3) is 9.71. The fourth-order valence-corrected chi connectivity index (χ4v) is 8.90. The molecule has 0 saturated carbocycles. The van der Waals surface area contributed by atoms with Gasteiger partial charge in [0.15, 0.2) is 0 Å². The molecule has 10 aromatic rings. The monoisotopic (exact) mass is 910 g/mol. The smallest absolute Gasteiger partial charge is 0.119 e. The summed E-state index contributed by atoms with van der Waals surface area (Å²) in [5, 5.41) is 0. The summed E-state index contributed by atoms with van der Waals surface area (Å²) in [7, 11) is 3.40. The lowest BCUT2D eigenvalue weighted by atomic mass is 10.0. The van der Waals surface area contributed by atoms with Crippen LogP contribution in [0.25, 0.3) is 11.1 Å². The molecule has 0 atom stereocenters. The van der Waals surface area contributed by atoms with E-state index in [1.807, 2.05) is 24.3 Å². The summed E-state index contributed by atoms with van der Waals surface area (Å²) in [6.07, 6.45) is 0. The van der Waals surface area contributed by atoms with Crippen molar-refractivity contribution < 1.29 is 9.47 Å². The van der Waals surface area contributed by atoms with E-state index in [1.54, 1.807) is 14.2 Å². The summed E-state index contributed by atoms with van der Waals surface area (Å²) >= 11 is 0. The van der Waals surface area contributed by atoms with Gasteiger partial charge >= 0.3 is 0 Å². The molecule has 0 aromatic heterocycles. The lowest BCUT2D eigenvalue weighted by molar-refractivity contribution is 0.414. The summed E-state index contributed by atoms with van der Waals surface area (Å²) in [4.78, 5) is 9.15. The molecule has 10 aromatic carbocycles. The Morgan fingerprint density at radius 2 is 0.400 bits per heavy atom. The Kier molecular flexibility index (Phi) is 13.1. The van der Waals surface area contributed by atoms with Crippen LogP contribution in [0.3, 0.4) is 0 Å². The molecular formula is C64H54N4O2. The maximum Gasteiger partial charge on any atom is 0.119 e. The minimum Gasteiger partial charge on any atom is -0.497 e. The molecule has 6 heteroatoms. The highest BCUT2D eigenvalue weighted by molar-refractivity contribution is 5.84. The van der Waals surface area contributed by atoms with Crippen LogP contribution in [0, 0.1) is 13.8 Å². The second-order valence-electron chi connectivity index (χ2n) is 17.2. The molecular weight excluding hydrogens is 857 g/mol. The van der Waals surface area contributed by atoms with E-state index in [0.29, 0.717) is 0 Å².